The molecule has 1 aromatic heterocycles. The van der Waals surface area contributed by atoms with E-state index in [4.69, 9.17) is 5.11 Å². The number of carbonyl (C=O) groups excluding carboxylic acids is 1. The Morgan fingerprint density at radius 2 is 1.82 bits per heavy atom. The van der Waals surface area contributed by atoms with Gasteiger partial charge in [-0.3, -0.25) is 4.90 Å². The molecule has 1 unspecified atom stereocenters. The van der Waals surface area contributed by atoms with E-state index in [2.05, 4.69) is 21.8 Å². The van der Waals surface area contributed by atoms with Crippen molar-refractivity contribution in [3.8, 4) is 0 Å². The zero-order valence-electron chi connectivity index (χ0n) is 21.6. The van der Waals surface area contributed by atoms with Crippen LogP contribution in [0.15, 0.2) is 30.5 Å². The number of anilines is 1. The number of aromatic carboxylic acids is 1. The zero-order chi connectivity index (χ0) is 27.1. The Balaban J connectivity index is 1.34. The van der Waals surface area contributed by atoms with Gasteiger partial charge in [0.1, 0.15) is 0 Å². The van der Waals surface area contributed by atoms with Crippen LogP contribution in [0.5, 0.6) is 0 Å². The number of nitrogens with zero attached hydrogens (tertiary/aromatic N) is 5. The number of rotatable bonds is 4. The Morgan fingerprint density at radius 1 is 1.05 bits per heavy atom. The van der Waals surface area contributed by atoms with Crippen molar-refractivity contribution >= 4 is 17.7 Å². The van der Waals surface area contributed by atoms with Crippen molar-refractivity contribution in [1.29, 1.82) is 0 Å². The number of carboxylic acid groups (broad SMARTS) is 1. The van der Waals surface area contributed by atoms with E-state index in [1.165, 1.54) is 24.4 Å². The molecule has 3 aliphatic heterocycles. The van der Waals surface area contributed by atoms with Crippen molar-refractivity contribution in [1.82, 2.24) is 19.6 Å². The fourth-order valence-corrected chi connectivity index (χ4v) is 6.41. The smallest absolute Gasteiger partial charge is 0.416 e. The monoisotopic (exact) mass is 533 g/mol. The standard InChI is InChI=1S/C27H34F3N5O3/c1-19-5-4-13-34(19)23-17-21(27(28,29)30)7-6-20(23)18-33-12-3-2-9-26(33)10-15-32(16-11-26)25(38)35-14-8-22(31-35)24(36)37/h6-8,14,17,19H,2-5,9-13,15-16,18H2,1H3,(H,36,37). The van der Waals surface area contributed by atoms with Crippen LogP contribution in [0.1, 0.15) is 73.5 Å². The molecule has 0 aliphatic carbocycles. The maximum Gasteiger partial charge on any atom is 0.416 e. The Labute approximate surface area is 220 Å². The second-order valence-corrected chi connectivity index (χ2v) is 10.8. The summed E-state index contributed by atoms with van der Waals surface area (Å²) in [4.78, 5) is 30.3. The summed E-state index contributed by atoms with van der Waals surface area (Å²) in [7, 11) is 0. The number of aromatic nitrogens is 2. The van der Waals surface area contributed by atoms with Gasteiger partial charge in [0, 0.05) is 49.6 Å². The van der Waals surface area contributed by atoms with Crippen LogP contribution < -0.4 is 4.90 Å². The summed E-state index contributed by atoms with van der Waals surface area (Å²) in [5.74, 6) is -1.18. The number of carboxylic acids is 1. The summed E-state index contributed by atoms with van der Waals surface area (Å²) < 4.78 is 41.9. The molecule has 206 valence electrons. The first kappa shape index (κ1) is 26.5. The molecule has 0 bridgehead atoms. The predicted molar refractivity (Wildman–Crippen MR) is 135 cm³/mol. The highest BCUT2D eigenvalue weighted by molar-refractivity contribution is 5.86. The number of likely N-dealkylation sites (tertiary alicyclic amines) is 2. The van der Waals surface area contributed by atoms with Gasteiger partial charge >= 0.3 is 18.2 Å². The van der Waals surface area contributed by atoms with E-state index >= 15 is 0 Å². The quantitative estimate of drug-likeness (QED) is 0.591. The van der Waals surface area contributed by atoms with Crippen LogP contribution in [0.4, 0.5) is 23.7 Å². The highest BCUT2D eigenvalue weighted by atomic mass is 19.4. The van der Waals surface area contributed by atoms with Gasteiger partial charge in [0.05, 0.1) is 5.56 Å². The number of alkyl halides is 3. The van der Waals surface area contributed by atoms with Crippen LogP contribution in [-0.2, 0) is 12.7 Å². The minimum Gasteiger partial charge on any atom is -0.476 e. The molecule has 1 spiro atoms. The number of hydrogen-bond acceptors (Lipinski definition) is 5. The van der Waals surface area contributed by atoms with Crippen molar-refractivity contribution in [2.75, 3.05) is 31.1 Å². The Kier molecular flexibility index (Phi) is 7.15. The lowest BCUT2D eigenvalue weighted by Gasteiger charge is -2.52. The summed E-state index contributed by atoms with van der Waals surface area (Å²) in [6.45, 7) is 5.30. The third-order valence-corrected chi connectivity index (χ3v) is 8.60. The molecule has 38 heavy (non-hydrogen) atoms. The van der Waals surface area contributed by atoms with E-state index < -0.39 is 17.7 Å². The molecule has 1 N–H and O–H groups in total. The molecule has 3 aliphatic rings. The van der Waals surface area contributed by atoms with E-state index in [0.29, 0.717) is 25.3 Å². The molecule has 0 radical (unpaired) electrons. The Bertz CT molecular complexity index is 1190. The lowest BCUT2D eigenvalue weighted by Crippen LogP contribution is -2.58. The van der Waals surface area contributed by atoms with Crippen molar-refractivity contribution in [2.24, 2.45) is 0 Å². The molecule has 1 atom stereocenters. The molecular weight excluding hydrogens is 499 g/mol. The maximum atomic E-state index is 13.6. The molecule has 3 saturated heterocycles. The van der Waals surface area contributed by atoms with Crippen LogP contribution in [0, 0.1) is 0 Å². The summed E-state index contributed by atoms with van der Waals surface area (Å²) >= 11 is 0. The highest BCUT2D eigenvalue weighted by Gasteiger charge is 2.43. The average Bonchev–Trinajstić information content (AvgIpc) is 3.55. The van der Waals surface area contributed by atoms with Crippen LogP contribution >= 0.6 is 0 Å². The second-order valence-electron chi connectivity index (χ2n) is 10.8. The largest absolute Gasteiger partial charge is 0.476 e. The van der Waals surface area contributed by atoms with Crippen LogP contribution in [-0.4, -0.2) is 74.4 Å². The molecule has 2 aromatic rings. The van der Waals surface area contributed by atoms with E-state index in [0.717, 1.165) is 68.3 Å². The first-order valence-corrected chi connectivity index (χ1v) is 13.4. The van der Waals surface area contributed by atoms with Gasteiger partial charge in [-0.25, -0.2) is 9.59 Å². The van der Waals surface area contributed by atoms with E-state index in [1.807, 2.05) is 0 Å². The molecule has 1 amide bonds. The first-order valence-electron chi connectivity index (χ1n) is 13.4. The van der Waals surface area contributed by atoms with Crippen LogP contribution in [0.2, 0.25) is 0 Å². The number of carbonyl (C=O) groups is 2. The van der Waals surface area contributed by atoms with E-state index in [-0.39, 0.29) is 23.3 Å². The number of halogens is 3. The average molecular weight is 534 g/mol. The summed E-state index contributed by atoms with van der Waals surface area (Å²) in [5.41, 5.74) is 0.697. The fourth-order valence-electron chi connectivity index (χ4n) is 6.41. The van der Waals surface area contributed by atoms with Crippen molar-refractivity contribution in [2.45, 2.75) is 76.2 Å². The van der Waals surface area contributed by atoms with Gasteiger partial charge in [-0.2, -0.15) is 23.0 Å². The summed E-state index contributed by atoms with van der Waals surface area (Å²) in [6, 6.07) is 5.34. The number of benzene rings is 1. The van der Waals surface area contributed by atoms with Gasteiger partial charge in [-0.05, 0) is 75.8 Å². The Hall–Kier alpha value is -3.08. The summed E-state index contributed by atoms with van der Waals surface area (Å²) in [5, 5.41) is 13.0. The third-order valence-electron chi connectivity index (χ3n) is 8.60. The maximum absolute atomic E-state index is 13.6. The topological polar surface area (TPSA) is 81.9 Å². The number of amides is 1. The minimum absolute atomic E-state index is 0.123. The van der Waals surface area contributed by atoms with Crippen molar-refractivity contribution in [3.63, 3.8) is 0 Å². The predicted octanol–water partition coefficient (Wildman–Crippen LogP) is 5.08. The lowest BCUT2D eigenvalue weighted by atomic mass is 9.78. The molecule has 5 rings (SSSR count). The Morgan fingerprint density at radius 3 is 2.45 bits per heavy atom. The van der Waals surface area contributed by atoms with E-state index in [9.17, 15) is 22.8 Å². The van der Waals surface area contributed by atoms with Gasteiger partial charge in [0.25, 0.3) is 0 Å². The third kappa shape index (κ3) is 5.12. The zero-order valence-corrected chi connectivity index (χ0v) is 21.6. The lowest BCUT2D eigenvalue weighted by molar-refractivity contribution is -0.137. The van der Waals surface area contributed by atoms with Gasteiger partial charge < -0.3 is 14.9 Å². The molecule has 8 nitrogen and oxygen atoms in total. The molecule has 4 heterocycles. The number of hydrogen-bond donors (Lipinski definition) is 1. The molecule has 11 heteroatoms. The van der Waals surface area contributed by atoms with Gasteiger partial charge in [0.15, 0.2) is 5.69 Å². The van der Waals surface area contributed by atoms with Gasteiger partial charge in [-0.15, -0.1) is 0 Å². The van der Waals surface area contributed by atoms with Gasteiger partial charge in [-0.1, -0.05) is 12.5 Å². The van der Waals surface area contributed by atoms with Crippen molar-refractivity contribution < 1.29 is 27.9 Å². The van der Waals surface area contributed by atoms with Gasteiger partial charge in [0.2, 0.25) is 0 Å². The fraction of sp³-hybridized carbons (Fsp3) is 0.593. The molecule has 0 saturated carbocycles. The minimum atomic E-state index is -4.39. The first-order chi connectivity index (χ1) is 18.1. The molecular formula is C27H34F3N5O3. The SMILES string of the molecule is CC1CCCN1c1cc(C(F)(F)F)ccc1CN1CCCCC12CCN(C(=O)n1ccc(C(=O)O)n1)CC2. The molecule has 1 aromatic carbocycles. The van der Waals surface area contributed by atoms with Crippen LogP contribution in [0.3, 0.4) is 0 Å². The molecule has 3 fully saturated rings. The van der Waals surface area contributed by atoms with E-state index in [1.54, 1.807) is 11.0 Å². The highest BCUT2D eigenvalue weighted by Crippen LogP contribution is 2.41. The number of piperidine rings is 2. The second kappa shape index (κ2) is 10.2. The normalized spacial score (nSPS) is 22.3. The van der Waals surface area contributed by atoms with Crippen molar-refractivity contribution in [3.05, 3.63) is 47.3 Å². The summed E-state index contributed by atoms with van der Waals surface area (Å²) in [6.07, 6.45) is 3.52. The van der Waals surface area contributed by atoms with Crippen LogP contribution in [0.25, 0.3) is 0 Å².